The summed E-state index contributed by atoms with van der Waals surface area (Å²) in [6.45, 7) is 3.70. The van der Waals surface area contributed by atoms with E-state index in [1.165, 1.54) is 12.1 Å². The lowest BCUT2D eigenvalue weighted by molar-refractivity contribution is -0.115. The second-order valence-electron chi connectivity index (χ2n) is 1.11. The van der Waals surface area contributed by atoms with Crippen LogP contribution in [0.2, 0.25) is 0 Å². The van der Waals surface area contributed by atoms with Gasteiger partial charge < -0.3 is 5.32 Å². The maximum Gasteiger partial charge on any atom is 0.322 e. The van der Waals surface area contributed by atoms with Crippen LogP contribution in [0.5, 0.6) is 0 Å². The van der Waals surface area contributed by atoms with E-state index < -0.39 is 5.91 Å². The minimum Gasteiger partial charge on any atom is -0.340 e. The molecule has 1 N–H and O–H groups in total. The van der Waals surface area contributed by atoms with E-state index in [0.717, 1.165) is 0 Å². The first-order valence-electron chi connectivity index (χ1n) is 2.10. The predicted octanol–water partition coefficient (Wildman–Crippen LogP) is -0.188. The molecule has 0 atom stereocenters. The van der Waals surface area contributed by atoms with Gasteiger partial charge in [-0.1, -0.05) is 6.08 Å². The Labute approximate surface area is 47.6 Å². The summed E-state index contributed by atoms with van der Waals surface area (Å²) < 4.78 is 0. The van der Waals surface area contributed by atoms with Crippen LogP contribution < -0.4 is 5.32 Å². The van der Waals surface area contributed by atoms with Gasteiger partial charge in [-0.25, -0.2) is 0 Å². The zero-order valence-electron chi connectivity index (χ0n) is 4.35. The van der Waals surface area contributed by atoms with Crippen LogP contribution in [0.4, 0.5) is 0 Å². The van der Waals surface area contributed by atoms with Crippen molar-refractivity contribution in [1.29, 1.82) is 5.26 Å². The molecule has 0 saturated heterocycles. The SMILES string of the molecule is C=CCNC(=O)C#N. The van der Waals surface area contributed by atoms with Crippen LogP contribution in [0.1, 0.15) is 0 Å². The third-order valence-corrected chi connectivity index (χ3v) is 0.509. The molecule has 0 rings (SSSR count). The molecule has 0 saturated carbocycles. The van der Waals surface area contributed by atoms with Crippen LogP contribution in [0.25, 0.3) is 0 Å². The summed E-state index contributed by atoms with van der Waals surface area (Å²) in [7, 11) is 0. The highest BCUT2D eigenvalue weighted by molar-refractivity contribution is 5.91. The summed E-state index contributed by atoms with van der Waals surface area (Å²) in [4.78, 5) is 10.1. The van der Waals surface area contributed by atoms with Crippen molar-refractivity contribution < 1.29 is 4.79 Å². The van der Waals surface area contributed by atoms with Crippen LogP contribution >= 0.6 is 0 Å². The quantitative estimate of drug-likeness (QED) is 0.395. The average molecular weight is 110 g/mol. The molecule has 0 fully saturated rings. The van der Waals surface area contributed by atoms with Crippen molar-refractivity contribution in [2.45, 2.75) is 0 Å². The van der Waals surface area contributed by atoms with Crippen LogP contribution in [0.15, 0.2) is 12.7 Å². The van der Waals surface area contributed by atoms with Crippen LogP contribution in [0.3, 0.4) is 0 Å². The van der Waals surface area contributed by atoms with E-state index >= 15 is 0 Å². The van der Waals surface area contributed by atoms with Crippen LogP contribution in [-0.4, -0.2) is 12.5 Å². The first kappa shape index (κ1) is 6.70. The fourth-order valence-electron chi connectivity index (χ4n) is 0.204. The zero-order chi connectivity index (χ0) is 6.41. The first-order valence-corrected chi connectivity index (χ1v) is 2.10. The van der Waals surface area contributed by atoms with E-state index in [9.17, 15) is 4.79 Å². The van der Waals surface area contributed by atoms with Crippen molar-refractivity contribution in [1.82, 2.24) is 5.32 Å². The predicted molar refractivity (Wildman–Crippen MR) is 28.8 cm³/mol. The van der Waals surface area contributed by atoms with Crippen molar-refractivity contribution in [3.05, 3.63) is 12.7 Å². The summed E-state index contributed by atoms with van der Waals surface area (Å²) in [5.74, 6) is -0.620. The molecule has 0 radical (unpaired) electrons. The lowest BCUT2D eigenvalue weighted by Gasteiger charge is -1.88. The second kappa shape index (κ2) is 3.88. The maximum absolute atomic E-state index is 10.1. The highest BCUT2D eigenvalue weighted by Crippen LogP contribution is 1.60. The van der Waals surface area contributed by atoms with Gasteiger partial charge in [-0.05, 0) is 0 Å². The Hall–Kier alpha value is -1.30. The van der Waals surface area contributed by atoms with E-state index in [4.69, 9.17) is 5.26 Å². The van der Waals surface area contributed by atoms with Crippen molar-refractivity contribution >= 4 is 5.91 Å². The van der Waals surface area contributed by atoms with Crippen LogP contribution in [0, 0.1) is 11.3 Å². The molecule has 0 unspecified atom stereocenters. The van der Waals surface area contributed by atoms with Gasteiger partial charge in [0, 0.05) is 6.54 Å². The minimum atomic E-state index is -0.620. The Morgan fingerprint density at radius 2 is 2.62 bits per heavy atom. The van der Waals surface area contributed by atoms with Crippen LogP contribution in [-0.2, 0) is 4.79 Å². The highest BCUT2D eigenvalue weighted by atomic mass is 16.1. The standard InChI is InChI=1S/C5H6N2O/c1-2-3-7-5(8)4-6/h2H,1,3H2,(H,7,8). The molecule has 0 heterocycles. The normalized spacial score (nSPS) is 6.88. The number of nitrogens with zero attached hydrogens (tertiary/aromatic N) is 1. The lowest BCUT2D eigenvalue weighted by Crippen LogP contribution is -2.20. The maximum atomic E-state index is 10.1. The first-order chi connectivity index (χ1) is 3.81. The molecule has 0 aromatic rings. The molecular formula is C5H6N2O. The summed E-state index contributed by atoms with van der Waals surface area (Å²) in [6, 6.07) is 1.40. The lowest BCUT2D eigenvalue weighted by atomic mass is 10.6. The van der Waals surface area contributed by atoms with Gasteiger partial charge in [-0.15, -0.1) is 6.58 Å². The molecule has 42 valence electrons. The number of carbonyl (C=O) groups excluding carboxylic acids is 1. The van der Waals surface area contributed by atoms with Gasteiger partial charge in [-0.2, -0.15) is 5.26 Å². The molecule has 3 heteroatoms. The Morgan fingerprint density at radius 1 is 2.00 bits per heavy atom. The van der Waals surface area contributed by atoms with Crippen molar-refractivity contribution in [2.24, 2.45) is 0 Å². The molecular weight excluding hydrogens is 104 g/mol. The number of nitriles is 1. The van der Waals surface area contributed by atoms with Gasteiger partial charge in [0.2, 0.25) is 0 Å². The molecule has 0 spiro atoms. The summed E-state index contributed by atoms with van der Waals surface area (Å²) in [5, 5.41) is 10.1. The van der Waals surface area contributed by atoms with Crippen molar-refractivity contribution in [2.75, 3.05) is 6.54 Å². The molecule has 0 bridgehead atoms. The van der Waals surface area contributed by atoms with E-state index in [-0.39, 0.29) is 0 Å². The molecule has 1 amide bonds. The molecule has 8 heavy (non-hydrogen) atoms. The monoisotopic (exact) mass is 110 g/mol. The second-order valence-corrected chi connectivity index (χ2v) is 1.11. The number of carbonyl (C=O) groups is 1. The summed E-state index contributed by atoms with van der Waals surface area (Å²) in [5.41, 5.74) is 0. The van der Waals surface area contributed by atoms with Crippen molar-refractivity contribution in [3.63, 3.8) is 0 Å². The number of rotatable bonds is 2. The van der Waals surface area contributed by atoms with Gasteiger partial charge in [0.25, 0.3) is 0 Å². The van der Waals surface area contributed by atoms with Gasteiger partial charge >= 0.3 is 5.91 Å². The molecule has 0 aromatic heterocycles. The summed E-state index contributed by atoms with van der Waals surface area (Å²) >= 11 is 0. The largest absolute Gasteiger partial charge is 0.340 e. The number of nitrogens with one attached hydrogen (secondary N) is 1. The Bertz CT molecular complexity index is 134. The molecule has 0 aliphatic heterocycles. The van der Waals surface area contributed by atoms with E-state index in [1.807, 2.05) is 0 Å². The van der Waals surface area contributed by atoms with Gasteiger partial charge in [0.1, 0.15) is 0 Å². The van der Waals surface area contributed by atoms with Gasteiger partial charge in [0.15, 0.2) is 6.07 Å². The molecule has 0 aliphatic carbocycles. The topological polar surface area (TPSA) is 52.9 Å². The fourth-order valence-corrected chi connectivity index (χ4v) is 0.204. The average Bonchev–Trinajstić information content (AvgIpc) is 1.83. The minimum absolute atomic E-state index is 0.354. The van der Waals surface area contributed by atoms with E-state index in [2.05, 4.69) is 11.9 Å². The zero-order valence-corrected chi connectivity index (χ0v) is 4.35. The summed E-state index contributed by atoms with van der Waals surface area (Å²) in [6.07, 6.45) is 1.51. The fraction of sp³-hybridized carbons (Fsp3) is 0.200. The Kier molecular flexibility index (Phi) is 3.25. The molecule has 0 aliphatic rings. The number of hydrogen-bond acceptors (Lipinski definition) is 2. The number of hydrogen-bond donors (Lipinski definition) is 1. The Balaban J connectivity index is 3.29. The third-order valence-electron chi connectivity index (χ3n) is 0.509. The third kappa shape index (κ3) is 2.91. The van der Waals surface area contributed by atoms with Gasteiger partial charge in [0.05, 0.1) is 0 Å². The molecule has 0 aromatic carbocycles. The number of amides is 1. The Morgan fingerprint density at radius 3 is 3.00 bits per heavy atom. The van der Waals surface area contributed by atoms with E-state index in [1.54, 1.807) is 0 Å². The molecule has 3 nitrogen and oxygen atoms in total. The van der Waals surface area contributed by atoms with Crippen molar-refractivity contribution in [3.8, 4) is 6.07 Å². The van der Waals surface area contributed by atoms with Gasteiger partial charge in [-0.3, -0.25) is 4.79 Å². The smallest absolute Gasteiger partial charge is 0.322 e. The highest BCUT2D eigenvalue weighted by Gasteiger charge is 1.89. The van der Waals surface area contributed by atoms with E-state index in [0.29, 0.717) is 6.54 Å².